The molecule has 2 aromatic rings. The highest BCUT2D eigenvalue weighted by atomic mass is 32.2. The number of rotatable bonds is 4. The number of ether oxygens (including phenoxy) is 2. The molecular formula is C14H15NO4S2. The second-order valence-corrected chi connectivity index (χ2v) is 7.95. The summed E-state index contributed by atoms with van der Waals surface area (Å²) in [5.41, 5.74) is 0.547. The summed E-state index contributed by atoms with van der Waals surface area (Å²) in [5, 5.41) is 0. The van der Waals surface area contributed by atoms with Crippen molar-refractivity contribution in [3.8, 4) is 11.5 Å². The van der Waals surface area contributed by atoms with E-state index >= 15 is 0 Å². The minimum absolute atomic E-state index is 0.167. The van der Waals surface area contributed by atoms with Gasteiger partial charge in [-0.05, 0) is 30.7 Å². The molecule has 0 radical (unpaired) electrons. The third kappa shape index (κ3) is 2.47. The van der Waals surface area contributed by atoms with Crippen molar-refractivity contribution < 1.29 is 17.9 Å². The lowest BCUT2D eigenvalue weighted by atomic mass is 10.3. The molecule has 7 heteroatoms. The molecule has 0 bridgehead atoms. The first-order valence-corrected chi connectivity index (χ1v) is 8.75. The van der Waals surface area contributed by atoms with Gasteiger partial charge in [0.15, 0.2) is 11.5 Å². The van der Waals surface area contributed by atoms with Gasteiger partial charge in [-0.25, -0.2) is 8.42 Å². The normalized spacial score (nSPS) is 13.4. The van der Waals surface area contributed by atoms with E-state index in [-0.39, 0.29) is 6.79 Å². The van der Waals surface area contributed by atoms with Crippen LogP contribution < -0.4 is 13.8 Å². The van der Waals surface area contributed by atoms with Gasteiger partial charge in [0.05, 0.1) is 5.69 Å². The van der Waals surface area contributed by atoms with E-state index in [9.17, 15) is 8.42 Å². The van der Waals surface area contributed by atoms with Crippen LogP contribution in [0, 0.1) is 0 Å². The Morgan fingerprint density at radius 1 is 1.19 bits per heavy atom. The largest absolute Gasteiger partial charge is 0.454 e. The molecule has 0 spiro atoms. The van der Waals surface area contributed by atoms with Gasteiger partial charge in [-0.3, -0.25) is 4.31 Å². The summed E-state index contributed by atoms with van der Waals surface area (Å²) in [6.07, 6.45) is 0.827. The Morgan fingerprint density at radius 2 is 1.95 bits per heavy atom. The van der Waals surface area contributed by atoms with Gasteiger partial charge in [0.1, 0.15) is 4.21 Å². The highest BCUT2D eigenvalue weighted by Crippen LogP contribution is 2.37. The maximum atomic E-state index is 12.6. The van der Waals surface area contributed by atoms with Gasteiger partial charge < -0.3 is 9.47 Å². The van der Waals surface area contributed by atoms with E-state index in [1.165, 1.54) is 22.7 Å². The van der Waals surface area contributed by atoms with Crippen LogP contribution in [0.5, 0.6) is 11.5 Å². The lowest BCUT2D eigenvalue weighted by molar-refractivity contribution is 0.174. The van der Waals surface area contributed by atoms with Gasteiger partial charge in [0.25, 0.3) is 10.0 Å². The molecule has 21 heavy (non-hydrogen) atoms. The quantitative estimate of drug-likeness (QED) is 0.867. The van der Waals surface area contributed by atoms with E-state index in [0.29, 0.717) is 21.4 Å². The Balaban J connectivity index is 1.95. The number of aryl methyl sites for hydroxylation is 1. The summed E-state index contributed by atoms with van der Waals surface area (Å²) in [6, 6.07) is 8.61. The Kier molecular flexibility index (Phi) is 3.54. The molecule has 0 amide bonds. The second kappa shape index (κ2) is 5.23. The number of anilines is 1. The standard InChI is InChI=1S/C14H15NO4S2/c1-3-11-5-7-14(20-11)21(16,17)15(2)10-4-6-12-13(8-10)19-9-18-12/h4-8H,3,9H2,1-2H3. The summed E-state index contributed by atoms with van der Waals surface area (Å²) < 4.78 is 37.4. The third-order valence-electron chi connectivity index (χ3n) is 3.32. The van der Waals surface area contributed by atoms with Crippen molar-refractivity contribution in [1.29, 1.82) is 0 Å². The molecule has 1 aliphatic heterocycles. The third-order valence-corrected chi connectivity index (χ3v) is 6.80. The Labute approximate surface area is 127 Å². The van der Waals surface area contributed by atoms with Gasteiger partial charge in [0.2, 0.25) is 6.79 Å². The molecule has 1 aromatic carbocycles. The average molecular weight is 325 g/mol. The molecule has 0 atom stereocenters. The highest BCUT2D eigenvalue weighted by Gasteiger charge is 2.25. The number of sulfonamides is 1. The average Bonchev–Trinajstić information content (AvgIpc) is 3.14. The fourth-order valence-electron chi connectivity index (χ4n) is 2.04. The number of benzene rings is 1. The molecular weight excluding hydrogens is 310 g/mol. The number of thiophene rings is 1. The van der Waals surface area contributed by atoms with Crippen molar-refractivity contribution in [3.63, 3.8) is 0 Å². The van der Waals surface area contributed by atoms with Gasteiger partial charge in [-0.2, -0.15) is 0 Å². The van der Waals surface area contributed by atoms with Crippen LogP contribution in [-0.2, 0) is 16.4 Å². The first kappa shape index (κ1) is 14.2. The second-order valence-electron chi connectivity index (χ2n) is 4.58. The Morgan fingerprint density at radius 3 is 2.67 bits per heavy atom. The van der Waals surface area contributed by atoms with Crippen molar-refractivity contribution in [2.45, 2.75) is 17.6 Å². The van der Waals surface area contributed by atoms with E-state index in [2.05, 4.69) is 0 Å². The summed E-state index contributed by atoms with van der Waals surface area (Å²) in [7, 11) is -2.00. The number of hydrogen-bond donors (Lipinski definition) is 0. The van der Waals surface area contributed by atoms with E-state index in [1.807, 2.05) is 13.0 Å². The fourth-order valence-corrected chi connectivity index (χ4v) is 4.70. The molecule has 0 saturated heterocycles. The zero-order valence-electron chi connectivity index (χ0n) is 11.7. The van der Waals surface area contributed by atoms with Crippen LogP contribution >= 0.6 is 11.3 Å². The predicted octanol–water partition coefficient (Wildman–Crippen LogP) is 2.86. The number of hydrogen-bond acceptors (Lipinski definition) is 5. The lowest BCUT2D eigenvalue weighted by Crippen LogP contribution is -2.25. The maximum Gasteiger partial charge on any atom is 0.273 e. The van der Waals surface area contributed by atoms with Crippen molar-refractivity contribution >= 4 is 27.0 Å². The molecule has 1 aromatic heterocycles. The van der Waals surface area contributed by atoms with E-state index in [1.54, 1.807) is 24.3 Å². The molecule has 0 aliphatic carbocycles. The molecule has 3 rings (SSSR count). The van der Waals surface area contributed by atoms with E-state index < -0.39 is 10.0 Å². The van der Waals surface area contributed by atoms with Gasteiger partial charge in [0, 0.05) is 18.0 Å². The van der Waals surface area contributed by atoms with Gasteiger partial charge in [-0.1, -0.05) is 6.92 Å². The SMILES string of the molecule is CCc1ccc(S(=O)(=O)N(C)c2ccc3c(c2)OCO3)s1. The zero-order chi connectivity index (χ0) is 15.0. The molecule has 2 heterocycles. The van der Waals surface area contributed by atoms with Crippen molar-refractivity contribution in [2.24, 2.45) is 0 Å². The number of nitrogens with zero attached hydrogens (tertiary/aromatic N) is 1. The molecule has 0 N–H and O–H groups in total. The molecule has 112 valence electrons. The summed E-state index contributed by atoms with van der Waals surface area (Å²) >= 11 is 1.30. The molecule has 0 saturated carbocycles. The molecule has 5 nitrogen and oxygen atoms in total. The minimum atomic E-state index is -3.54. The first-order chi connectivity index (χ1) is 10.0. The highest BCUT2D eigenvalue weighted by molar-refractivity contribution is 7.94. The predicted molar refractivity (Wildman–Crippen MR) is 81.9 cm³/mol. The molecule has 0 fully saturated rings. The summed E-state index contributed by atoms with van der Waals surface area (Å²) in [4.78, 5) is 1.05. The maximum absolute atomic E-state index is 12.6. The monoisotopic (exact) mass is 325 g/mol. The van der Waals surface area contributed by atoms with Crippen molar-refractivity contribution in [2.75, 3.05) is 18.1 Å². The minimum Gasteiger partial charge on any atom is -0.454 e. The fraction of sp³-hybridized carbons (Fsp3) is 0.286. The molecule has 0 unspecified atom stereocenters. The van der Waals surface area contributed by atoms with Crippen LogP contribution in [0.4, 0.5) is 5.69 Å². The summed E-state index contributed by atoms with van der Waals surface area (Å²) in [6.45, 7) is 2.17. The van der Waals surface area contributed by atoms with Crippen LogP contribution in [0.1, 0.15) is 11.8 Å². The number of fused-ring (bicyclic) bond motifs is 1. The van der Waals surface area contributed by atoms with Crippen LogP contribution in [0.3, 0.4) is 0 Å². The van der Waals surface area contributed by atoms with Crippen molar-refractivity contribution in [1.82, 2.24) is 0 Å². The Bertz CT molecular complexity index is 767. The van der Waals surface area contributed by atoms with Gasteiger partial charge in [-0.15, -0.1) is 11.3 Å². The zero-order valence-corrected chi connectivity index (χ0v) is 13.3. The van der Waals surface area contributed by atoms with Crippen LogP contribution in [-0.4, -0.2) is 22.3 Å². The van der Waals surface area contributed by atoms with Gasteiger partial charge >= 0.3 is 0 Å². The molecule has 1 aliphatic rings. The topological polar surface area (TPSA) is 55.8 Å². The summed E-state index contributed by atoms with van der Waals surface area (Å²) in [5.74, 6) is 1.20. The van der Waals surface area contributed by atoms with Crippen LogP contribution in [0.2, 0.25) is 0 Å². The Hall–Kier alpha value is -1.73. The van der Waals surface area contributed by atoms with E-state index in [0.717, 1.165) is 11.3 Å². The van der Waals surface area contributed by atoms with Crippen molar-refractivity contribution in [3.05, 3.63) is 35.2 Å². The lowest BCUT2D eigenvalue weighted by Gasteiger charge is -2.18. The van der Waals surface area contributed by atoms with E-state index in [4.69, 9.17) is 9.47 Å². The smallest absolute Gasteiger partial charge is 0.273 e. The van der Waals surface area contributed by atoms with Crippen LogP contribution in [0.25, 0.3) is 0 Å². The van der Waals surface area contributed by atoms with Crippen LogP contribution in [0.15, 0.2) is 34.5 Å². The first-order valence-electron chi connectivity index (χ1n) is 6.49.